The fourth-order valence-corrected chi connectivity index (χ4v) is 0.659. The van der Waals surface area contributed by atoms with Crippen molar-refractivity contribution >= 4 is 5.91 Å². The third-order valence-corrected chi connectivity index (χ3v) is 1.52. The van der Waals surface area contributed by atoms with Gasteiger partial charge in [0, 0.05) is 13.2 Å². The van der Waals surface area contributed by atoms with Gasteiger partial charge in [-0.15, -0.1) is 6.58 Å². The molecule has 0 heterocycles. The molecule has 0 bridgehead atoms. The molecule has 3 heteroatoms. The van der Waals surface area contributed by atoms with Crippen LogP contribution in [0.3, 0.4) is 0 Å². The van der Waals surface area contributed by atoms with Crippen LogP contribution in [0.2, 0.25) is 0 Å². The maximum atomic E-state index is 11.1. The molecule has 0 aromatic heterocycles. The van der Waals surface area contributed by atoms with Gasteiger partial charge in [0.2, 0.25) is 5.91 Å². The molecule has 0 saturated heterocycles. The molecule has 70 valence electrons. The topological polar surface area (TPSA) is 38.3 Å². The summed E-state index contributed by atoms with van der Waals surface area (Å²) in [7, 11) is 0. The quantitative estimate of drug-likeness (QED) is 0.477. The van der Waals surface area contributed by atoms with E-state index < -0.39 is 0 Å². The van der Waals surface area contributed by atoms with Crippen LogP contribution in [0.15, 0.2) is 12.7 Å². The first kappa shape index (κ1) is 11.2. The summed E-state index contributed by atoms with van der Waals surface area (Å²) >= 11 is 0. The molecule has 0 saturated carbocycles. The molecule has 0 aliphatic heterocycles. The third-order valence-electron chi connectivity index (χ3n) is 1.52. The van der Waals surface area contributed by atoms with Gasteiger partial charge in [-0.2, -0.15) is 0 Å². The molecule has 0 aliphatic carbocycles. The van der Waals surface area contributed by atoms with Crippen LogP contribution in [0.4, 0.5) is 0 Å². The highest BCUT2D eigenvalue weighted by atomic mass is 16.5. The molecule has 0 aliphatic rings. The highest BCUT2D eigenvalue weighted by molar-refractivity contribution is 5.79. The van der Waals surface area contributed by atoms with E-state index in [1.54, 1.807) is 6.08 Å². The van der Waals surface area contributed by atoms with Crippen molar-refractivity contribution in [3.05, 3.63) is 12.7 Å². The summed E-state index contributed by atoms with van der Waals surface area (Å²) in [6.07, 6.45) is 1.62. The van der Waals surface area contributed by atoms with E-state index in [1.165, 1.54) is 0 Å². The minimum absolute atomic E-state index is 0.00435. The van der Waals surface area contributed by atoms with E-state index in [0.29, 0.717) is 19.8 Å². The standard InChI is InChI=1S/C9H17NO2/c1-4-8(3)9(11)10-6-7-12-5-2/h4,8H,1,5-7H2,2-3H3,(H,10,11). The van der Waals surface area contributed by atoms with E-state index in [0.717, 1.165) is 0 Å². The Balaban J connectivity index is 3.37. The molecule has 0 aromatic rings. The van der Waals surface area contributed by atoms with E-state index >= 15 is 0 Å². The molecule has 12 heavy (non-hydrogen) atoms. The lowest BCUT2D eigenvalue weighted by Crippen LogP contribution is -2.31. The summed E-state index contributed by atoms with van der Waals surface area (Å²) < 4.78 is 5.06. The Morgan fingerprint density at radius 2 is 2.42 bits per heavy atom. The number of carbonyl (C=O) groups is 1. The molecule has 0 spiro atoms. The van der Waals surface area contributed by atoms with Crippen LogP contribution in [0.25, 0.3) is 0 Å². The van der Waals surface area contributed by atoms with Gasteiger partial charge in [-0.25, -0.2) is 0 Å². The Morgan fingerprint density at radius 3 is 2.92 bits per heavy atom. The monoisotopic (exact) mass is 171 g/mol. The van der Waals surface area contributed by atoms with E-state index in [1.807, 2.05) is 13.8 Å². The van der Waals surface area contributed by atoms with Crippen molar-refractivity contribution < 1.29 is 9.53 Å². The average molecular weight is 171 g/mol. The van der Waals surface area contributed by atoms with Crippen LogP contribution in [0.1, 0.15) is 13.8 Å². The van der Waals surface area contributed by atoms with Gasteiger partial charge in [-0.1, -0.05) is 13.0 Å². The van der Waals surface area contributed by atoms with Crippen LogP contribution in [-0.4, -0.2) is 25.7 Å². The molecule has 0 aromatic carbocycles. The average Bonchev–Trinajstić information content (AvgIpc) is 2.10. The van der Waals surface area contributed by atoms with E-state index in [9.17, 15) is 4.79 Å². The summed E-state index contributed by atoms with van der Waals surface area (Å²) in [6.45, 7) is 9.10. The zero-order valence-corrected chi connectivity index (χ0v) is 7.80. The minimum atomic E-state index is -0.119. The molecule has 0 fully saturated rings. The van der Waals surface area contributed by atoms with Gasteiger partial charge >= 0.3 is 0 Å². The molecule has 0 rings (SSSR count). The molecular weight excluding hydrogens is 154 g/mol. The SMILES string of the molecule is C=CC(C)C(=O)NCCOCC. The summed E-state index contributed by atoms with van der Waals surface area (Å²) in [5.74, 6) is -0.115. The summed E-state index contributed by atoms with van der Waals surface area (Å²) in [5, 5.41) is 2.73. The Morgan fingerprint density at radius 1 is 1.75 bits per heavy atom. The Labute approximate surface area is 73.8 Å². The Bertz CT molecular complexity index is 145. The summed E-state index contributed by atoms with van der Waals surface area (Å²) in [5.41, 5.74) is 0. The van der Waals surface area contributed by atoms with Crippen molar-refractivity contribution in [2.75, 3.05) is 19.8 Å². The van der Waals surface area contributed by atoms with Crippen molar-refractivity contribution in [3.63, 3.8) is 0 Å². The lowest BCUT2D eigenvalue weighted by Gasteiger charge is -2.07. The van der Waals surface area contributed by atoms with Crippen LogP contribution < -0.4 is 5.32 Å². The minimum Gasteiger partial charge on any atom is -0.380 e. The third kappa shape index (κ3) is 4.91. The van der Waals surface area contributed by atoms with Crippen LogP contribution in [0, 0.1) is 5.92 Å². The van der Waals surface area contributed by atoms with Gasteiger partial charge in [0.15, 0.2) is 0 Å². The fourth-order valence-electron chi connectivity index (χ4n) is 0.659. The highest BCUT2D eigenvalue weighted by Crippen LogP contribution is 1.93. The number of hydrogen-bond acceptors (Lipinski definition) is 2. The molecule has 1 amide bonds. The lowest BCUT2D eigenvalue weighted by atomic mass is 10.2. The van der Waals surface area contributed by atoms with E-state index in [2.05, 4.69) is 11.9 Å². The fraction of sp³-hybridized carbons (Fsp3) is 0.667. The normalized spacial score (nSPS) is 12.2. The Kier molecular flexibility index (Phi) is 6.38. The van der Waals surface area contributed by atoms with Gasteiger partial charge in [0.1, 0.15) is 0 Å². The van der Waals surface area contributed by atoms with Crippen molar-refractivity contribution in [2.24, 2.45) is 5.92 Å². The van der Waals surface area contributed by atoms with Gasteiger partial charge in [0.05, 0.1) is 12.5 Å². The molecule has 0 radical (unpaired) electrons. The van der Waals surface area contributed by atoms with Crippen molar-refractivity contribution in [2.45, 2.75) is 13.8 Å². The maximum Gasteiger partial charge on any atom is 0.226 e. The number of hydrogen-bond donors (Lipinski definition) is 1. The van der Waals surface area contributed by atoms with E-state index in [-0.39, 0.29) is 11.8 Å². The van der Waals surface area contributed by atoms with Crippen LogP contribution >= 0.6 is 0 Å². The van der Waals surface area contributed by atoms with Gasteiger partial charge in [0.25, 0.3) is 0 Å². The second-order valence-electron chi connectivity index (χ2n) is 2.51. The first-order valence-corrected chi connectivity index (χ1v) is 4.20. The number of carbonyl (C=O) groups excluding carboxylic acids is 1. The number of nitrogens with one attached hydrogen (secondary N) is 1. The van der Waals surface area contributed by atoms with Gasteiger partial charge < -0.3 is 10.1 Å². The number of amides is 1. The second kappa shape index (κ2) is 6.85. The lowest BCUT2D eigenvalue weighted by molar-refractivity contribution is -0.123. The summed E-state index contributed by atoms with van der Waals surface area (Å²) in [6, 6.07) is 0. The van der Waals surface area contributed by atoms with Crippen molar-refractivity contribution in [3.8, 4) is 0 Å². The van der Waals surface area contributed by atoms with Crippen molar-refractivity contribution in [1.29, 1.82) is 0 Å². The second-order valence-corrected chi connectivity index (χ2v) is 2.51. The zero-order valence-electron chi connectivity index (χ0n) is 7.80. The predicted molar refractivity (Wildman–Crippen MR) is 48.9 cm³/mol. The Hall–Kier alpha value is -0.830. The summed E-state index contributed by atoms with van der Waals surface area (Å²) in [4.78, 5) is 11.1. The number of rotatable bonds is 6. The van der Waals surface area contributed by atoms with E-state index in [4.69, 9.17) is 4.74 Å². The maximum absolute atomic E-state index is 11.1. The van der Waals surface area contributed by atoms with Gasteiger partial charge in [-0.3, -0.25) is 4.79 Å². The highest BCUT2D eigenvalue weighted by Gasteiger charge is 2.06. The van der Waals surface area contributed by atoms with Crippen molar-refractivity contribution in [1.82, 2.24) is 5.32 Å². The van der Waals surface area contributed by atoms with Crippen LogP contribution in [0.5, 0.6) is 0 Å². The van der Waals surface area contributed by atoms with Gasteiger partial charge in [-0.05, 0) is 6.92 Å². The molecular formula is C9H17NO2. The predicted octanol–water partition coefficient (Wildman–Crippen LogP) is 0.961. The molecule has 1 N–H and O–H groups in total. The first-order chi connectivity index (χ1) is 5.72. The number of ether oxygens (including phenoxy) is 1. The smallest absolute Gasteiger partial charge is 0.226 e. The van der Waals surface area contributed by atoms with Crippen LogP contribution in [-0.2, 0) is 9.53 Å². The molecule has 1 unspecified atom stereocenters. The zero-order chi connectivity index (χ0) is 9.40. The molecule has 1 atom stereocenters. The molecule has 3 nitrogen and oxygen atoms in total. The first-order valence-electron chi connectivity index (χ1n) is 4.20. The largest absolute Gasteiger partial charge is 0.380 e.